The smallest absolute Gasteiger partial charge is 0.191 e. The van der Waals surface area contributed by atoms with Crippen LogP contribution in [0.1, 0.15) is 28.1 Å². The molecular formula is C22H25N3OS. The van der Waals surface area contributed by atoms with E-state index in [-0.39, 0.29) is 0 Å². The molecule has 0 N–H and O–H groups in total. The Balaban J connectivity index is 1.71. The molecule has 1 heterocycles. The Morgan fingerprint density at radius 3 is 2.52 bits per heavy atom. The minimum Gasteiger partial charge on any atom is -0.486 e. The van der Waals surface area contributed by atoms with E-state index in [1.807, 2.05) is 18.2 Å². The number of hydrogen-bond acceptors (Lipinski definition) is 4. The lowest BCUT2D eigenvalue weighted by atomic mass is 10.1. The Morgan fingerprint density at radius 2 is 1.81 bits per heavy atom. The van der Waals surface area contributed by atoms with E-state index in [0.29, 0.717) is 13.2 Å². The Morgan fingerprint density at radius 1 is 1.04 bits per heavy atom. The molecule has 0 atom stereocenters. The number of aryl methyl sites for hydroxylation is 3. The summed E-state index contributed by atoms with van der Waals surface area (Å²) in [7, 11) is 0. The predicted molar refractivity (Wildman–Crippen MR) is 111 cm³/mol. The van der Waals surface area contributed by atoms with Crippen LogP contribution in [0.4, 0.5) is 0 Å². The van der Waals surface area contributed by atoms with Crippen LogP contribution in [0.5, 0.6) is 5.75 Å². The third-order valence-electron chi connectivity index (χ3n) is 4.12. The van der Waals surface area contributed by atoms with Gasteiger partial charge in [0, 0.05) is 12.3 Å². The van der Waals surface area contributed by atoms with Gasteiger partial charge in [-0.05, 0) is 49.6 Å². The number of nitrogens with zero attached hydrogens (tertiary/aromatic N) is 3. The average molecular weight is 380 g/mol. The number of ether oxygens (including phenoxy) is 1. The predicted octanol–water partition coefficient (Wildman–Crippen LogP) is 5.26. The van der Waals surface area contributed by atoms with Crippen molar-refractivity contribution in [3.8, 4) is 5.75 Å². The summed E-state index contributed by atoms with van der Waals surface area (Å²) in [6.07, 6.45) is 1.86. The average Bonchev–Trinajstić information content (AvgIpc) is 3.00. The summed E-state index contributed by atoms with van der Waals surface area (Å²) in [5.74, 6) is 2.52. The Kier molecular flexibility index (Phi) is 6.35. The van der Waals surface area contributed by atoms with Gasteiger partial charge in [-0.25, -0.2) is 0 Å². The van der Waals surface area contributed by atoms with Crippen LogP contribution in [-0.4, -0.2) is 14.8 Å². The molecule has 0 saturated heterocycles. The first-order valence-corrected chi connectivity index (χ1v) is 9.96. The van der Waals surface area contributed by atoms with Crippen molar-refractivity contribution in [2.75, 3.05) is 0 Å². The molecule has 0 aliphatic heterocycles. The van der Waals surface area contributed by atoms with Crippen LogP contribution in [0.3, 0.4) is 0 Å². The summed E-state index contributed by atoms with van der Waals surface area (Å²) in [6, 6.07) is 14.7. The minimum atomic E-state index is 0.384. The molecule has 0 fully saturated rings. The number of hydrogen-bond donors (Lipinski definition) is 0. The van der Waals surface area contributed by atoms with E-state index in [1.165, 1.54) is 22.3 Å². The van der Waals surface area contributed by atoms with Crippen molar-refractivity contribution in [1.82, 2.24) is 14.8 Å². The van der Waals surface area contributed by atoms with Gasteiger partial charge in [0.1, 0.15) is 12.4 Å². The van der Waals surface area contributed by atoms with Crippen LogP contribution >= 0.6 is 11.8 Å². The third kappa shape index (κ3) is 5.23. The fourth-order valence-corrected chi connectivity index (χ4v) is 3.87. The van der Waals surface area contributed by atoms with E-state index in [9.17, 15) is 0 Å². The van der Waals surface area contributed by atoms with Crippen LogP contribution in [0, 0.1) is 20.8 Å². The van der Waals surface area contributed by atoms with Crippen LogP contribution in [0.25, 0.3) is 0 Å². The fraction of sp³-hybridized carbons (Fsp3) is 0.273. The lowest BCUT2D eigenvalue weighted by Crippen LogP contribution is -2.07. The van der Waals surface area contributed by atoms with Crippen molar-refractivity contribution >= 4 is 11.8 Å². The Bertz CT molecular complexity index is 913. The van der Waals surface area contributed by atoms with Gasteiger partial charge in [0.25, 0.3) is 0 Å². The third-order valence-corrected chi connectivity index (χ3v) is 5.16. The SMILES string of the molecule is C=CCn1c(COc2cc(C)cc(C)c2)nnc1SCc1cccc(C)c1. The molecule has 4 nitrogen and oxygen atoms in total. The molecule has 2 aromatic carbocycles. The highest BCUT2D eigenvalue weighted by Gasteiger charge is 2.13. The highest BCUT2D eigenvalue weighted by Crippen LogP contribution is 2.23. The molecule has 0 unspecified atom stereocenters. The topological polar surface area (TPSA) is 39.9 Å². The monoisotopic (exact) mass is 379 g/mol. The molecule has 1 aromatic heterocycles. The van der Waals surface area contributed by atoms with E-state index in [4.69, 9.17) is 4.74 Å². The second kappa shape index (κ2) is 8.91. The highest BCUT2D eigenvalue weighted by molar-refractivity contribution is 7.98. The number of aromatic nitrogens is 3. The van der Waals surface area contributed by atoms with Gasteiger partial charge in [0.15, 0.2) is 11.0 Å². The normalized spacial score (nSPS) is 10.8. The summed E-state index contributed by atoms with van der Waals surface area (Å²) in [5, 5.41) is 9.60. The molecule has 0 radical (unpaired) electrons. The zero-order valence-corrected chi connectivity index (χ0v) is 16.9. The van der Waals surface area contributed by atoms with Crippen molar-refractivity contribution in [1.29, 1.82) is 0 Å². The van der Waals surface area contributed by atoms with Gasteiger partial charge < -0.3 is 4.74 Å². The van der Waals surface area contributed by atoms with Crippen molar-refractivity contribution in [2.24, 2.45) is 0 Å². The van der Waals surface area contributed by atoms with Gasteiger partial charge in [0.05, 0.1) is 0 Å². The van der Waals surface area contributed by atoms with Crippen molar-refractivity contribution in [2.45, 2.75) is 44.8 Å². The van der Waals surface area contributed by atoms with Gasteiger partial charge in [0.2, 0.25) is 0 Å². The quantitative estimate of drug-likeness (QED) is 0.395. The van der Waals surface area contributed by atoms with Gasteiger partial charge in [-0.3, -0.25) is 4.57 Å². The van der Waals surface area contributed by atoms with E-state index < -0.39 is 0 Å². The first-order valence-electron chi connectivity index (χ1n) is 8.97. The molecule has 0 saturated carbocycles. The van der Waals surface area contributed by atoms with Gasteiger partial charge in [-0.1, -0.05) is 53.7 Å². The molecule has 0 spiro atoms. The molecule has 0 aliphatic rings. The molecule has 0 amide bonds. The number of benzene rings is 2. The summed E-state index contributed by atoms with van der Waals surface area (Å²) < 4.78 is 8.03. The minimum absolute atomic E-state index is 0.384. The maximum Gasteiger partial charge on any atom is 0.191 e. The molecule has 3 aromatic rings. The van der Waals surface area contributed by atoms with Crippen LogP contribution in [0.15, 0.2) is 60.3 Å². The Labute approximate surface area is 165 Å². The zero-order valence-electron chi connectivity index (χ0n) is 16.1. The Hall–Kier alpha value is -2.53. The largest absolute Gasteiger partial charge is 0.486 e. The summed E-state index contributed by atoms with van der Waals surface area (Å²) in [4.78, 5) is 0. The highest BCUT2D eigenvalue weighted by atomic mass is 32.2. The van der Waals surface area contributed by atoms with E-state index in [1.54, 1.807) is 11.8 Å². The molecule has 0 bridgehead atoms. The second-order valence-electron chi connectivity index (χ2n) is 6.69. The lowest BCUT2D eigenvalue weighted by molar-refractivity contribution is 0.289. The standard InChI is InChI=1S/C22H25N3OS/c1-5-9-25-21(14-26-20-12-17(3)10-18(4)13-20)23-24-22(25)27-15-19-8-6-7-16(2)11-19/h5-8,10-13H,1,9,14-15H2,2-4H3. The van der Waals surface area contributed by atoms with E-state index >= 15 is 0 Å². The van der Waals surface area contributed by atoms with Crippen molar-refractivity contribution < 1.29 is 4.74 Å². The number of thioether (sulfide) groups is 1. The molecule has 140 valence electrons. The summed E-state index contributed by atoms with van der Waals surface area (Å²) in [6.45, 7) is 11.2. The molecule has 3 rings (SSSR count). The molecule has 5 heteroatoms. The molecule has 27 heavy (non-hydrogen) atoms. The first-order chi connectivity index (χ1) is 13.0. The first kappa shape index (κ1) is 19.2. The summed E-state index contributed by atoms with van der Waals surface area (Å²) >= 11 is 1.68. The van der Waals surface area contributed by atoms with Crippen molar-refractivity contribution in [3.05, 3.63) is 83.2 Å². The zero-order chi connectivity index (χ0) is 19.2. The maximum absolute atomic E-state index is 5.97. The van der Waals surface area contributed by atoms with E-state index in [2.05, 4.69) is 72.4 Å². The van der Waals surface area contributed by atoms with Crippen molar-refractivity contribution in [3.63, 3.8) is 0 Å². The maximum atomic E-state index is 5.97. The fourth-order valence-electron chi connectivity index (χ4n) is 2.96. The van der Waals surface area contributed by atoms with Crippen LogP contribution in [0.2, 0.25) is 0 Å². The summed E-state index contributed by atoms with van der Waals surface area (Å²) in [5.41, 5.74) is 4.92. The number of allylic oxidation sites excluding steroid dienone is 1. The molecule has 0 aliphatic carbocycles. The van der Waals surface area contributed by atoms with Gasteiger partial charge >= 0.3 is 0 Å². The van der Waals surface area contributed by atoms with Crippen LogP contribution in [-0.2, 0) is 18.9 Å². The van der Waals surface area contributed by atoms with Gasteiger partial charge in [-0.2, -0.15) is 0 Å². The second-order valence-corrected chi connectivity index (χ2v) is 7.63. The lowest BCUT2D eigenvalue weighted by Gasteiger charge is -2.10. The molecular weight excluding hydrogens is 354 g/mol. The van der Waals surface area contributed by atoms with Crippen LogP contribution < -0.4 is 4.74 Å². The number of rotatable bonds is 8. The van der Waals surface area contributed by atoms with E-state index in [0.717, 1.165) is 22.5 Å². The van der Waals surface area contributed by atoms with Gasteiger partial charge in [-0.15, -0.1) is 16.8 Å².